The SMILES string of the molecule is COC(=O)c1ccccc1[C@H](N)[C@H](O)C(C)C. The molecule has 0 fully saturated rings. The topological polar surface area (TPSA) is 72.5 Å². The normalized spacial score (nSPS) is 14.5. The van der Waals surface area contributed by atoms with Gasteiger partial charge in [0, 0.05) is 0 Å². The van der Waals surface area contributed by atoms with E-state index in [-0.39, 0.29) is 5.92 Å². The molecular formula is C13H19NO3. The molecule has 0 aliphatic rings. The molecule has 17 heavy (non-hydrogen) atoms. The molecule has 0 unspecified atom stereocenters. The van der Waals surface area contributed by atoms with E-state index in [0.29, 0.717) is 11.1 Å². The summed E-state index contributed by atoms with van der Waals surface area (Å²) < 4.78 is 4.69. The van der Waals surface area contributed by atoms with Gasteiger partial charge in [-0.05, 0) is 17.5 Å². The fraction of sp³-hybridized carbons (Fsp3) is 0.462. The molecular weight excluding hydrogens is 218 g/mol. The lowest BCUT2D eigenvalue weighted by molar-refractivity contribution is 0.0593. The first kappa shape index (κ1) is 13.7. The van der Waals surface area contributed by atoms with Crippen LogP contribution in [0, 0.1) is 5.92 Å². The number of rotatable bonds is 4. The number of ether oxygens (including phenoxy) is 1. The van der Waals surface area contributed by atoms with Gasteiger partial charge in [0.25, 0.3) is 0 Å². The van der Waals surface area contributed by atoms with Gasteiger partial charge >= 0.3 is 5.97 Å². The summed E-state index contributed by atoms with van der Waals surface area (Å²) in [6, 6.07) is 6.32. The van der Waals surface area contributed by atoms with E-state index in [1.807, 2.05) is 13.8 Å². The summed E-state index contributed by atoms with van der Waals surface area (Å²) in [7, 11) is 1.32. The Bertz CT molecular complexity index is 390. The molecule has 1 aromatic carbocycles. The summed E-state index contributed by atoms with van der Waals surface area (Å²) in [4.78, 5) is 11.6. The second kappa shape index (κ2) is 5.80. The Morgan fingerprint density at radius 2 is 1.94 bits per heavy atom. The molecule has 94 valence electrons. The number of methoxy groups -OCH3 is 1. The van der Waals surface area contributed by atoms with Crippen molar-refractivity contribution in [2.24, 2.45) is 11.7 Å². The summed E-state index contributed by atoms with van der Waals surface area (Å²) in [6.07, 6.45) is -0.694. The van der Waals surface area contributed by atoms with Crippen molar-refractivity contribution in [3.05, 3.63) is 35.4 Å². The number of carbonyl (C=O) groups is 1. The van der Waals surface area contributed by atoms with E-state index in [9.17, 15) is 9.90 Å². The molecule has 1 rings (SSSR count). The highest BCUT2D eigenvalue weighted by Gasteiger charge is 2.24. The average Bonchev–Trinajstić information content (AvgIpc) is 2.35. The van der Waals surface area contributed by atoms with Crippen LogP contribution in [0.1, 0.15) is 35.8 Å². The van der Waals surface area contributed by atoms with Crippen LogP contribution < -0.4 is 5.73 Å². The van der Waals surface area contributed by atoms with Crippen molar-refractivity contribution in [3.8, 4) is 0 Å². The molecule has 0 bridgehead atoms. The fourth-order valence-corrected chi connectivity index (χ4v) is 1.68. The minimum Gasteiger partial charge on any atom is -0.465 e. The zero-order valence-electron chi connectivity index (χ0n) is 10.4. The molecule has 0 saturated heterocycles. The number of aliphatic hydroxyl groups excluding tert-OH is 1. The second-order valence-electron chi connectivity index (χ2n) is 4.34. The maximum Gasteiger partial charge on any atom is 0.338 e. The van der Waals surface area contributed by atoms with Gasteiger partial charge in [-0.3, -0.25) is 0 Å². The molecule has 0 saturated carbocycles. The fourth-order valence-electron chi connectivity index (χ4n) is 1.68. The molecule has 0 aromatic heterocycles. The van der Waals surface area contributed by atoms with E-state index in [1.54, 1.807) is 24.3 Å². The highest BCUT2D eigenvalue weighted by molar-refractivity contribution is 5.91. The molecule has 0 radical (unpaired) electrons. The molecule has 1 aromatic rings. The first-order chi connectivity index (χ1) is 7.99. The maximum absolute atomic E-state index is 11.6. The summed E-state index contributed by atoms with van der Waals surface area (Å²) in [5.41, 5.74) is 6.99. The smallest absolute Gasteiger partial charge is 0.338 e. The van der Waals surface area contributed by atoms with Crippen molar-refractivity contribution in [1.29, 1.82) is 0 Å². The lowest BCUT2D eigenvalue weighted by Gasteiger charge is -2.23. The maximum atomic E-state index is 11.6. The number of benzene rings is 1. The third-order valence-corrected chi connectivity index (χ3v) is 2.78. The minimum atomic E-state index is -0.694. The second-order valence-corrected chi connectivity index (χ2v) is 4.34. The van der Waals surface area contributed by atoms with Gasteiger partial charge in [0.15, 0.2) is 0 Å². The Balaban J connectivity index is 3.09. The minimum absolute atomic E-state index is 0.0238. The van der Waals surface area contributed by atoms with E-state index >= 15 is 0 Å². The van der Waals surface area contributed by atoms with Gasteiger partial charge in [0.2, 0.25) is 0 Å². The Labute approximate surface area is 101 Å². The molecule has 0 amide bonds. The zero-order chi connectivity index (χ0) is 13.0. The number of aliphatic hydroxyl groups is 1. The summed E-state index contributed by atoms with van der Waals surface area (Å²) in [5.74, 6) is -0.414. The van der Waals surface area contributed by atoms with Crippen molar-refractivity contribution < 1.29 is 14.6 Å². The van der Waals surface area contributed by atoms with E-state index in [2.05, 4.69) is 0 Å². The van der Waals surface area contributed by atoms with Gasteiger partial charge in [-0.15, -0.1) is 0 Å². The lowest BCUT2D eigenvalue weighted by atomic mass is 9.91. The highest BCUT2D eigenvalue weighted by Crippen LogP contribution is 2.23. The van der Waals surface area contributed by atoms with Crippen LogP contribution in [-0.2, 0) is 4.74 Å². The van der Waals surface area contributed by atoms with Crippen molar-refractivity contribution in [3.63, 3.8) is 0 Å². The highest BCUT2D eigenvalue weighted by atomic mass is 16.5. The number of carbonyl (C=O) groups excluding carboxylic acids is 1. The van der Waals surface area contributed by atoms with E-state index in [0.717, 1.165) is 0 Å². The number of hydrogen-bond donors (Lipinski definition) is 2. The first-order valence-electron chi connectivity index (χ1n) is 5.60. The quantitative estimate of drug-likeness (QED) is 0.778. The van der Waals surface area contributed by atoms with Crippen LogP contribution in [0.15, 0.2) is 24.3 Å². The van der Waals surface area contributed by atoms with Crippen molar-refractivity contribution in [2.45, 2.75) is 26.0 Å². The summed E-state index contributed by atoms with van der Waals surface area (Å²) in [6.45, 7) is 3.76. The van der Waals surface area contributed by atoms with Gasteiger partial charge in [-0.25, -0.2) is 4.79 Å². The van der Waals surface area contributed by atoms with Gasteiger partial charge in [0.1, 0.15) is 0 Å². The predicted octanol–water partition coefficient (Wildman–Crippen LogP) is 1.49. The van der Waals surface area contributed by atoms with Crippen molar-refractivity contribution in [1.82, 2.24) is 0 Å². The third-order valence-electron chi connectivity index (χ3n) is 2.78. The zero-order valence-corrected chi connectivity index (χ0v) is 10.4. The Morgan fingerprint density at radius 3 is 2.47 bits per heavy atom. The van der Waals surface area contributed by atoms with Crippen LogP contribution in [-0.4, -0.2) is 24.3 Å². The van der Waals surface area contributed by atoms with Gasteiger partial charge < -0.3 is 15.6 Å². The number of hydrogen-bond acceptors (Lipinski definition) is 4. The Hall–Kier alpha value is -1.39. The molecule has 0 aliphatic heterocycles. The van der Waals surface area contributed by atoms with Gasteiger partial charge in [-0.2, -0.15) is 0 Å². The van der Waals surface area contributed by atoms with Crippen LogP contribution in [0.3, 0.4) is 0 Å². The number of nitrogens with two attached hydrogens (primary N) is 1. The monoisotopic (exact) mass is 237 g/mol. The standard InChI is InChI=1S/C13H19NO3/c1-8(2)12(15)11(14)9-6-4-5-7-10(9)13(16)17-3/h4-8,11-12,15H,14H2,1-3H3/t11-,12+/m0/s1. The van der Waals surface area contributed by atoms with Crippen LogP contribution in [0.5, 0.6) is 0 Å². The van der Waals surface area contributed by atoms with Crippen molar-refractivity contribution in [2.75, 3.05) is 7.11 Å². The van der Waals surface area contributed by atoms with Gasteiger partial charge in [0.05, 0.1) is 24.8 Å². The molecule has 0 aliphatic carbocycles. The average molecular weight is 237 g/mol. The Kier molecular flexibility index (Phi) is 4.66. The Morgan fingerprint density at radius 1 is 1.35 bits per heavy atom. The summed E-state index contributed by atoms with van der Waals surface area (Å²) in [5, 5.41) is 9.95. The van der Waals surface area contributed by atoms with Crippen LogP contribution >= 0.6 is 0 Å². The van der Waals surface area contributed by atoms with Crippen LogP contribution in [0.2, 0.25) is 0 Å². The van der Waals surface area contributed by atoms with E-state index in [1.165, 1.54) is 7.11 Å². The van der Waals surface area contributed by atoms with E-state index in [4.69, 9.17) is 10.5 Å². The molecule has 2 atom stereocenters. The number of esters is 1. The van der Waals surface area contributed by atoms with Crippen LogP contribution in [0.25, 0.3) is 0 Å². The molecule has 0 spiro atoms. The lowest BCUT2D eigenvalue weighted by Crippen LogP contribution is -2.31. The van der Waals surface area contributed by atoms with Crippen LogP contribution in [0.4, 0.5) is 0 Å². The molecule has 4 nitrogen and oxygen atoms in total. The molecule has 0 heterocycles. The van der Waals surface area contributed by atoms with Gasteiger partial charge in [-0.1, -0.05) is 32.0 Å². The predicted molar refractivity (Wildman–Crippen MR) is 65.6 cm³/mol. The largest absolute Gasteiger partial charge is 0.465 e. The first-order valence-corrected chi connectivity index (χ1v) is 5.60. The third kappa shape index (κ3) is 3.05. The molecule has 4 heteroatoms. The van der Waals surface area contributed by atoms with Crippen molar-refractivity contribution >= 4 is 5.97 Å². The summed E-state index contributed by atoms with van der Waals surface area (Å²) >= 11 is 0. The van der Waals surface area contributed by atoms with E-state index < -0.39 is 18.1 Å². The molecule has 3 N–H and O–H groups in total.